The minimum atomic E-state index is -0.232. The van der Waals surface area contributed by atoms with E-state index in [0.717, 1.165) is 12.0 Å². The zero-order chi connectivity index (χ0) is 12.7. The van der Waals surface area contributed by atoms with E-state index < -0.39 is 0 Å². The standard InChI is InChI=1S/C14H21ClFN/c1-3-4-5-6-11(2)17-10-12-9-13(16)7-8-14(12)15/h7-9,11,17H,3-6,10H2,1-2H3. The van der Waals surface area contributed by atoms with Crippen molar-refractivity contribution in [2.75, 3.05) is 0 Å². The molecule has 1 N–H and O–H groups in total. The van der Waals surface area contributed by atoms with Crippen LogP contribution in [0.3, 0.4) is 0 Å². The molecule has 0 spiro atoms. The van der Waals surface area contributed by atoms with Gasteiger partial charge in [0.15, 0.2) is 0 Å². The highest BCUT2D eigenvalue weighted by molar-refractivity contribution is 6.31. The lowest BCUT2D eigenvalue weighted by Gasteiger charge is -2.14. The van der Waals surface area contributed by atoms with E-state index >= 15 is 0 Å². The highest BCUT2D eigenvalue weighted by Crippen LogP contribution is 2.17. The van der Waals surface area contributed by atoms with Crippen LogP contribution in [-0.4, -0.2) is 6.04 Å². The summed E-state index contributed by atoms with van der Waals surface area (Å²) in [5.41, 5.74) is 0.828. The molecule has 0 bridgehead atoms. The monoisotopic (exact) mass is 257 g/mol. The summed E-state index contributed by atoms with van der Waals surface area (Å²) in [6.45, 7) is 4.98. The van der Waals surface area contributed by atoms with Gasteiger partial charge in [0.1, 0.15) is 5.82 Å². The summed E-state index contributed by atoms with van der Waals surface area (Å²) >= 11 is 6.00. The van der Waals surface area contributed by atoms with Crippen LogP contribution in [0.15, 0.2) is 18.2 Å². The van der Waals surface area contributed by atoms with E-state index in [1.807, 2.05) is 0 Å². The van der Waals surface area contributed by atoms with Crippen LogP contribution >= 0.6 is 11.6 Å². The van der Waals surface area contributed by atoms with Gasteiger partial charge in [-0.3, -0.25) is 0 Å². The van der Waals surface area contributed by atoms with E-state index in [1.54, 1.807) is 6.07 Å². The number of rotatable bonds is 7. The number of benzene rings is 1. The van der Waals surface area contributed by atoms with Gasteiger partial charge in [0, 0.05) is 17.6 Å². The molecule has 0 aromatic heterocycles. The largest absolute Gasteiger partial charge is 0.310 e. The molecule has 96 valence electrons. The van der Waals surface area contributed by atoms with E-state index in [1.165, 1.54) is 31.4 Å². The smallest absolute Gasteiger partial charge is 0.123 e. The normalized spacial score (nSPS) is 12.7. The Morgan fingerprint density at radius 3 is 2.82 bits per heavy atom. The summed E-state index contributed by atoms with van der Waals surface area (Å²) in [6.07, 6.45) is 4.90. The molecule has 0 saturated carbocycles. The molecule has 1 aromatic carbocycles. The topological polar surface area (TPSA) is 12.0 Å². The average molecular weight is 258 g/mol. The third-order valence-electron chi connectivity index (χ3n) is 2.89. The summed E-state index contributed by atoms with van der Waals surface area (Å²) in [4.78, 5) is 0. The van der Waals surface area contributed by atoms with Gasteiger partial charge in [-0.05, 0) is 37.1 Å². The minimum absolute atomic E-state index is 0.232. The molecule has 0 aliphatic heterocycles. The lowest BCUT2D eigenvalue weighted by atomic mass is 10.1. The molecule has 0 aliphatic rings. The Hall–Kier alpha value is -0.600. The molecular weight excluding hydrogens is 237 g/mol. The summed E-state index contributed by atoms with van der Waals surface area (Å²) in [5, 5.41) is 4.00. The third kappa shape index (κ3) is 5.51. The zero-order valence-electron chi connectivity index (χ0n) is 10.6. The first kappa shape index (κ1) is 14.5. The fourth-order valence-electron chi connectivity index (χ4n) is 1.77. The molecule has 0 saturated heterocycles. The Morgan fingerprint density at radius 2 is 2.12 bits per heavy atom. The molecule has 0 fully saturated rings. The Labute approximate surface area is 108 Å². The minimum Gasteiger partial charge on any atom is -0.310 e. The van der Waals surface area contributed by atoms with Gasteiger partial charge < -0.3 is 5.32 Å². The van der Waals surface area contributed by atoms with Crippen molar-refractivity contribution in [3.63, 3.8) is 0 Å². The fourth-order valence-corrected chi connectivity index (χ4v) is 1.95. The van der Waals surface area contributed by atoms with Crippen molar-refractivity contribution in [2.24, 2.45) is 0 Å². The van der Waals surface area contributed by atoms with E-state index in [-0.39, 0.29) is 5.82 Å². The van der Waals surface area contributed by atoms with Crippen molar-refractivity contribution in [2.45, 2.75) is 52.1 Å². The van der Waals surface area contributed by atoms with Crippen molar-refractivity contribution < 1.29 is 4.39 Å². The van der Waals surface area contributed by atoms with Crippen LogP contribution < -0.4 is 5.32 Å². The van der Waals surface area contributed by atoms with Crippen molar-refractivity contribution in [1.29, 1.82) is 0 Å². The first-order valence-corrected chi connectivity index (χ1v) is 6.68. The van der Waals surface area contributed by atoms with Crippen LogP contribution in [0.4, 0.5) is 4.39 Å². The van der Waals surface area contributed by atoms with Crippen molar-refractivity contribution >= 4 is 11.6 Å². The Kier molecular flexibility index (Phi) is 6.53. The lowest BCUT2D eigenvalue weighted by Crippen LogP contribution is -2.25. The predicted octanol–water partition coefficient (Wildman–Crippen LogP) is 4.54. The first-order valence-electron chi connectivity index (χ1n) is 6.30. The SMILES string of the molecule is CCCCCC(C)NCc1cc(F)ccc1Cl. The van der Waals surface area contributed by atoms with E-state index in [0.29, 0.717) is 17.6 Å². The quantitative estimate of drug-likeness (QED) is 0.708. The van der Waals surface area contributed by atoms with Crippen LogP contribution in [0.25, 0.3) is 0 Å². The molecule has 0 aliphatic carbocycles. The number of hydrogen-bond donors (Lipinski definition) is 1. The fraction of sp³-hybridized carbons (Fsp3) is 0.571. The van der Waals surface area contributed by atoms with Crippen LogP contribution in [-0.2, 0) is 6.54 Å². The van der Waals surface area contributed by atoms with Crippen molar-refractivity contribution in [1.82, 2.24) is 5.32 Å². The number of nitrogens with one attached hydrogen (secondary N) is 1. The summed E-state index contributed by atoms with van der Waals surface area (Å²) in [5.74, 6) is -0.232. The van der Waals surface area contributed by atoms with Crippen molar-refractivity contribution in [3.05, 3.63) is 34.6 Å². The molecule has 3 heteroatoms. The molecule has 1 aromatic rings. The third-order valence-corrected chi connectivity index (χ3v) is 3.26. The van der Waals surface area contributed by atoms with Gasteiger partial charge >= 0.3 is 0 Å². The van der Waals surface area contributed by atoms with Crippen LogP contribution in [0.1, 0.15) is 45.1 Å². The molecule has 1 rings (SSSR count). The first-order chi connectivity index (χ1) is 8.13. The average Bonchev–Trinajstić information content (AvgIpc) is 2.31. The predicted molar refractivity (Wildman–Crippen MR) is 71.9 cm³/mol. The number of unbranched alkanes of at least 4 members (excludes halogenated alkanes) is 2. The van der Waals surface area contributed by atoms with Gasteiger partial charge in [-0.25, -0.2) is 4.39 Å². The van der Waals surface area contributed by atoms with Gasteiger partial charge in [0.25, 0.3) is 0 Å². The summed E-state index contributed by atoms with van der Waals surface area (Å²) < 4.78 is 13.0. The second kappa shape index (κ2) is 7.67. The molecule has 0 radical (unpaired) electrons. The number of hydrogen-bond acceptors (Lipinski definition) is 1. The van der Waals surface area contributed by atoms with Gasteiger partial charge in [-0.1, -0.05) is 37.8 Å². The highest BCUT2D eigenvalue weighted by atomic mass is 35.5. The Bertz CT molecular complexity index is 341. The van der Waals surface area contributed by atoms with Gasteiger partial charge in [-0.2, -0.15) is 0 Å². The molecule has 1 atom stereocenters. The molecule has 1 unspecified atom stereocenters. The van der Waals surface area contributed by atoms with Crippen LogP contribution in [0.5, 0.6) is 0 Å². The summed E-state index contributed by atoms with van der Waals surface area (Å²) in [6, 6.07) is 4.93. The molecule has 17 heavy (non-hydrogen) atoms. The second-order valence-corrected chi connectivity index (χ2v) is 4.92. The van der Waals surface area contributed by atoms with Crippen LogP contribution in [0.2, 0.25) is 5.02 Å². The Balaban J connectivity index is 2.36. The van der Waals surface area contributed by atoms with Crippen molar-refractivity contribution in [3.8, 4) is 0 Å². The van der Waals surface area contributed by atoms with E-state index in [2.05, 4.69) is 19.2 Å². The molecule has 0 heterocycles. The van der Waals surface area contributed by atoms with Crippen LogP contribution in [0, 0.1) is 5.82 Å². The van der Waals surface area contributed by atoms with E-state index in [9.17, 15) is 4.39 Å². The second-order valence-electron chi connectivity index (χ2n) is 4.51. The van der Waals surface area contributed by atoms with E-state index in [4.69, 9.17) is 11.6 Å². The summed E-state index contributed by atoms with van der Waals surface area (Å²) in [7, 11) is 0. The zero-order valence-corrected chi connectivity index (χ0v) is 11.4. The maximum atomic E-state index is 13.0. The highest BCUT2D eigenvalue weighted by Gasteiger charge is 2.05. The molecule has 0 amide bonds. The van der Waals surface area contributed by atoms with Gasteiger partial charge in [0.2, 0.25) is 0 Å². The lowest BCUT2D eigenvalue weighted by molar-refractivity contribution is 0.486. The maximum Gasteiger partial charge on any atom is 0.123 e. The maximum absolute atomic E-state index is 13.0. The van der Waals surface area contributed by atoms with Gasteiger partial charge in [0.05, 0.1) is 0 Å². The molecular formula is C14H21ClFN. The number of halogens is 2. The molecule has 1 nitrogen and oxygen atoms in total. The Morgan fingerprint density at radius 1 is 1.35 bits per heavy atom. The van der Waals surface area contributed by atoms with Gasteiger partial charge in [-0.15, -0.1) is 0 Å².